The van der Waals surface area contributed by atoms with E-state index in [1.54, 1.807) is 6.92 Å². The van der Waals surface area contributed by atoms with E-state index in [-0.39, 0.29) is 18.5 Å². The minimum atomic E-state index is -0.680. The molecule has 5 heteroatoms. The Balaban J connectivity index is 2.46. The van der Waals surface area contributed by atoms with Crippen LogP contribution in [0.5, 0.6) is 0 Å². The molecular weight excluding hydrogens is 198 g/mol. The Morgan fingerprint density at radius 3 is 2.73 bits per heavy atom. The second-order valence-corrected chi connectivity index (χ2v) is 4.22. The smallest absolute Gasteiger partial charge is 0.302 e. The van der Waals surface area contributed by atoms with Gasteiger partial charge in [0.15, 0.2) is 0 Å². The third kappa shape index (κ3) is 2.47. The van der Waals surface area contributed by atoms with Gasteiger partial charge >= 0.3 is 5.97 Å². The lowest BCUT2D eigenvalue weighted by molar-refractivity contribution is -0.150. The number of aliphatic hydroxyl groups excluding tert-OH is 1. The molecule has 0 aromatic carbocycles. The fourth-order valence-electron chi connectivity index (χ4n) is 2.02. The Bertz CT molecular complexity index is 277. The second-order valence-electron chi connectivity index (χ2n) is 4.22. The van der Waals surface area contributed by atoms with E-state index in [2.05, 4.69) is 5.32 Å². The van der Waals surface area contributed by atoms with E-state index in [1.165, 1.54) is 6.92 Å². The molecule has 2 N–H and O–H groups in total. The van der Waals surface area contributed by atoms with Crippen molar-refractivity contribution in [3.63, 3.8) is 0 Å². The fraction of sp³-hybridized carbons (Fsp3) is 0.800. The molecule has 0 aromatic heterocycles. The summed E-state index contributed by atoms with van der Waals surface area (Å²) in [6, 6.07) is 0. The molecule has 1 rings (SSSR count). The molecular formula is C10H17NO4. The Kier molecular flexibility index (Phi) is 3.34. The highest BCUT2D eigenvalue weighted by atomic mass is 16.5. The number of carbonyl (C=O) groups excluding carboxylic acids is 2. The van der Waals surface area contributed by atoms with Gasteiger partial charge in [-0.1, -0.05) is 0 Å². The number of hydrogen-bond donors (Lipinski definition) is 2. The van der Waals surface area contributed by atoms with Crippen LogP contribution < -0.4 is 5.32 Å². The molecule has 1 amide bonds. The van der Waals surface area contributed by atoms with Crippen LogP contribution in [-0.4, -0.2) is 35.2 Å². The summed E-state index contributed by atoms with van der Waals surface area (Å²) >= 11 is 0. The molecule has 3 atom stereocenters. The van der Waals surface area contributed by atoms with Gasteiger partial charge in [-0.05, 0) is 13.8 Å². The van der Waals surface area contributed by atoms with E-state index in [9.17, 15) is 14.7 Å². The number of esters is 1. The van der Waals surface area contributed by atoms with Crippen molar-refractivity contribution in [3.8, 4) is 0 Å². The predicted octanol–water partition coefficient (Wildman–Crippen LogP) is -0.175. The number of hydrogen-bond acceptors (Lipinski definition) is 4. The first kappa shape index (κ1) is 12.0. The van der Waals surface area contributed by atoms with Crippen LogP contribution in [-0.2, 0) is 14.3 Å². The van der Waals surface area contributed by atoms with Crippen molar-refractivity contribution in [1.82, 2.24) is 5.32 Å². The molecule has 1 aliphatic rings. The van der Waals surface area contributed by atoms with Crippen LogP contribution in [0, 0.1) is 5.92 Å². The number of rotatable bonds is 4. The van der Waals surface area contributed by atoms with Gasteiger partial charge in [0, 0.05) is 13.3 Å². The fourth-order valence-corrected chi connectivity index (χ4v) is 2.02. The zero-order valence-electron chi connectivity index (χ0n) is 9.24. The predicted molar refractivity (Wildman–Crippen MR) is 53.0 cm³/mol. The van der Waals surface area contributed by atoms with Gasteiger partial charge in [0.25, 0.3) is 0 Å². The first-order valence-electron chi connectivity index (χ1n) is 5.00. The van der Waals surface area contributed by atoms with Crippen molar-refractivity contribution in [1.29, 1.82) is 0 Å². The molecule has 1 saturated heterocycles. The number of carbonyl (C=O) groups is 2. The highest BCUT2D eigenvalue weighted by Crippen LogP contribution is 2.33. The number of β-lactam (4-membered cyclic amide) rings is 1. The van der Waals surface area contributed by atoms with Gasteiger partial charge in [0.2, 0.25) is 5.91 Å². The van der Waals surface area contributed by atoms with E-state index in [4.69, 9.17) is 4.74 Å². The van der Waals surface area contributed by atoms with E-state index in [1.807, 2.05) is 6.92 Å². The SMILES string of the molecule is CC(=O)OCCC1(C)NC(=O)C1C(C)O. The molecule has 15 heavy (non-hydrogen) atoms. The van der Waals surface area contributed by atoms with E-state index >= 15 is 0 Å². The molecule has 1 fully saturated rings. The van der Waals surface area contributed by atoms with Crippen LogP contribution >= 0.6 is 0 Å². The summed E-state index contributed by atoms with van der Waals surface area (Å²) in [5.74, 6) is -0.888. The van der Waals surface area contributed by atoms with Crippen molar-refractivity contribution < 1.29 is 19.4 Å². The lowest BCUT2D eigenvalue weighted by Gasteiger charge is -2.48. The molecule has 0 aliphatic carbocycles. The first-order valence-corrected chi connectivity index (χ1v) is 5.00. The van der Waals surface area contributed by atoms with Crippen molar-refractivity contribution in [2.75, 3.05) is 6.61 Å². The molecule has 0 bridgehead atoms. The Hall–Kier alpha value is -1.10. The largest absolute Gasteiger partial charge is 0.466 e. The summed E-state index contributed by atoms with van der Waals surface area (Å²) in [6.45, 7) is 5.03. The maximum absolute atomic E-state index is 11.2. The Morgan fingerprint density at radius 1 is 1.73 bits per heavy atom. The average Bonchev–Trinajstić information content (AvgIpc) is 2.00. The summed E-state index contributed by atoms with van der Waals surface area (Å²) in [5.41, 5.74) is -0.458. The van der Waals surface area contributed by atoms with Crippen molar-refractivity contribution in [3.05, 3.63) is 0 Å². The van der Waals surface area contributed by atoms with E-state index < -0.39 is 17.6 Å². The molecule has 86 valence electrons. The highest BCUT2D eigenvalue weighted by molar-refractivity contribution is 5.88. The lowest BCUT2D eigenvalue weighted by atomic mass is 9.72. The molecule has 0 saturated carbocycles. The Labute approximate surface area is 88.8 Å². The number of aliphatic hydroxyl groups is 1. The van der Waals surface area contributed by atoms with Gasteiger partial charge < -0.3 is 15.2 Å². The van der Waals surface area contributed by atoms with Crippen LogP contribution in [0.15, 0.2) is 0 Å². The summed E-state index contributed by atoms with van der Waals surface area (Å²) in [5, 5.41) is 12.2. The maximum atomic E-state index is 11.2. The standard InChI is InChI=1S/C10H17NO4/c1-6(12)8-9(14)11-10(8,3)4-5-15-7(2)13/h6,8,12H,4-5H2,1-3H3,(H,11,14). The summed E-state index contributed by atoms with van der Waals surface area (Å²) in [4.78, 5) is 21.8. The van der Waals surface area contributed by atoms with Crippen LogP contribution in [0.2, 0.25) is 0 Å². The third-order valence-electron chi connectivity index (χ3n) is 2.79. The monoisotopic (exact) mass is 215 g/mol. The Morgan fingerprint density at radius 2 is 2.33 bits per heavy atom. The zero-order valence-corrected chi connectivity index (χ0v) is 9.24. The van der Waals surface area contributed by atoms with Gasteiger partial charge in [-0.3, -0.25) is 9.59 Å². The second kappa shape index (κ2) is 4.18. The summed E-state index contributed by atoms with van der Waals surface area (Å²) in [7, 11) is 0. The third-order valence-corrected chi connectivity index (χ3v) is 2.79. The molecule has 3 unspecified atom stereocenters. The molecule has 1 aliphatic heterocycles. The van der Waals surface area contributed by atoms with Gasteiger partial charge in [0.05, 0.1) is 24.2 Å². The van der Waals surface area contributed by atoms with Gasteiger partial charge in [-0.2, -0.15) is 0 Å². The van der Waals surface area contributed by atoms with Gasteiger partial charge in [-0.25, -0.2) is 0 Å². The zero-order chi connectivity index (χ0) is 11.6. The first-order chi connectivity index (χ1) is 6.87. The van der Waals surface area contributed by atoms with Crippen molar-refractivity contribution >= 4 is 11.9 Å². The van der Waals surface area contributed by atoms with Gasteiger partial charge in [0.1, 0.15) is 0 Å². The van der Waals surface area contributed by atoms with Crippen LogP contribution in [0.25, 0.3) is 0 Å². The summed E-state index contributed by atoms with van der Waals surface area (Å²) in [6.07, 6.45) is -0.158. The molecule has 5 nitrogen and oxygen atoms in total. The molecule has 0 aromatic rings. The van der Waals surface area contributed by atoms with Crippen LogP contribution in [0.1, 0.15) is 27.2 Å². The van der Waals surface area contributed by atoms with Crippen molar-refractivity contribution in [2.45, 2.75) is 38.8 Å². The van der Waals surface area contributed by atoms with Gasteiger partial charge in [-0.15, -0.1) is 0 Å². The molecule has 1 heterocycles. The minimum absolute atomic E-state index is 0.143. The minimum Gasteiger partial charge on any atom is -0.466 e. The van der Waals surface area contributed by atoms with E-state index in [0.717, 1.165) is 0 Å². The highest BCUT2D eigenvalue weighted by Gasteiger charge is 2.51. The number of nitrogens with one attached hydrogen (secondary N) is 1. The topological polar surface area (TPSA) is 75.6 Å². The number of amides is 1. The molecule has 0 radical (unpaired) electrons. The van der Waals surface area contributed by atoms with E-state index in [0.29, 0.717) is 6.42 Å². The quantitative estimate of drug-likeness (QED) is 0.504. The van der Waals surface area contributed by atoms with Crippen LogP contribution in [0.4, 0.5) is 0 Å². The summed E-state index contributed by atoms with van der Waals surface area (Å²) < 4.78 is 4.80. The maximum Gasteiger partial charge on any atom is 0.302 e. The number of ether oxygens (including phenoxy) is 1. The average molecular weight is 215 g/mol. The molecule has 0 spiro atoms. The van der Waals surface area contributed by atoms with Crippen molar-refractivity contribution in [2.24, 2.45) is 5.92 Å². The van der Waals surface area contributed by atoms with Crippen LogP contribution in [0.3, 0.4) is 0 Å². The lowest BCUT2D eigenvalue weighted by Crippen LogP contribution is -2.70. The normalized spacial score (nSPS) is 31.5.